The summed E-state index contributed by atoms with van der Waals surface area (Å²) in [7, 11) is -0.148. The van der Waals surface area contributed by atoms with Gasteiger partial charge in [0.05, 0.1) is 0 Å². The summed E-state index contributed by atoms with van der Waals surface area (Å²) in [6, 6.07) is 2.18. The predicted molar refractivity (Wildman–Crippen MR) is 57.7 cm³/mol. The van der Waals surface area contributed by atoms with E-state index in [0.717, 1.165) is 18.2 Å². The van der Waals surface area contributed by atoms with Gasteiger partial charge in [0.2, 0.25) is 9.05 Å². The first kappa shape index (κ1) is 14.7. The number of benzene rings is 1. The minimum Gasteiger partial charge on any atom is -0.211 e. The molecule has 0 saturated heterocycles. The van der Waals surface area contributed by atoms with Gasteiger partial charge in [-0.25, -0.2) is 12.8 Å². The van der Waals surface area contributed by atoms with Gasteiger partial charge in [-0.1, -0.05) is 22.0 Å². The van der Waals surface area contributed by atoms with E-state index in [2.05, 4.69) is 15.9 Å². The molecule has 0 bridgehead atoms. The molecular formula is C8H4BrClF4O2S. The standard InChI is InChI=1S/C8H4BrClF4O2S/c9-6-3-4(11)1-2-5(6)7(8(12,13)14)17(10,15)16/h1-3,7H. The fraction of sp³-hybridized carbons (Fsp3) is 0.250. The SMILES string of the molecule is O=S(=O)(Cl)C(c1ccc(F)cc1Br)C(F)(F)F. The fourth-order valence-corrected chi connectivity index (χ4v) is 3.35. The highest BCUT2D eigenvalue weighted by Gasteiger charge is 2.50. The summed E-state index contributed by atoms with van der Waals surface area (Å²) < 4.78 is 72.1. The quantitative estimate of drug-likeness (QED) is 0.598. The van der Waals surface area contributed by atoms with Gasteiger partial charge in [-0.15, -0.1) is 0 Å². The molecule has 1 aromatic rings. The first-order chi connectivity index (χ1) is 7.53. The molecule has 2 nitrogen and oxygen atoms in total. The topological polar surface area (TPSA) is 34.1 Å². The Balaban J connectivity index is 3.44. The van der Waals surface area contributed by atoms with Gasteiger partial charge in [0.15, 0.2) is 5.25 Å². The van der Waals surface area contributed by atoms with Crippen LogP contribution in [0.2, 0.25) is 0 Å². The molecule has 0 aliphatic heterocycles. The van der Waals surface area contributed by atoms with E-state index < -0.39 is 31.9 Å². The lowest BCUT2D eigenvalue weighted by molar-refractivity contribution is -0.131. The molecular weight excluding hydrogens is 352 g/mol. The molecule has 0 saturated carbocycles. The zero-order chi connectivity index (χ0) is 13.4. The Morgan fingerprint density at radius 3 is 2.18 bits per heavy atom. The van der Waals surface area contributed by atoms with Crippen molar-refractivity contribution in [2.24, 2.45) is 0 Å². The summed E-state index contributed by atoms with van der Waals surface area (Å²) in [5.74, 6) is -0.798. The van der Waals surface area contributed by atoms with Gasteiger partial charge in [0.1, 0.15) is 5.82 Å². The number of rotatable bonds is 2. The predicted octanol–water partition coefficient (Wildman–Crippen LogP) is 3.76. The van der Waals surface area contributed by atoms with Crippen molar-refractivity contribution in [3.05, 3.63) is 34.1 Å². The molecule has 1 unspecified atom stereocenters. The van der Waals surface area contributed by atoms with Crippen molar-refractivity contribution in [2.45, 2.75) is 11.4 Å². The van der Waals surface area contributed by atoms with Crippen molar-refractivity contribution in [3.63, 3.8) is 0 Å². The Hall–Kier alpha value is -0.340. The maximum Gasteiger partial charge on any atom is 0.410 e. The molecule has 0 heterocycles. The minimum atomic E-state index is -5.08. The molecule has 0 radical (unpaired) electrons. The highest BCUT2D eigenvalue weighted by Crippen LogP contribution is 2.43. The van der Waals surface area contributed by atoms with E-state index in [9.17, 15) is 26.0 Å². The molecule has 0 amide bonds. The summed E-state index contributed by atoms with van der Waals surface area (Å²) in [5, 5.41) is -2.90. The molecule has 0 N–H and O–H groups in total. The zero-order valence-corrected chi connectivity index (χ0v) is 11.0. The summed E-state index contributed by atoms with van der Waals surface area (Å²) in [4.78, 5) is 0. The van der Waals surface area contributed by atoms with Gasteiger partial charge in [-0.2, -0.15) is 13.2 Å². The molecule has 1 atom stereocenters. The largest absolute Gasteiger partial charge is 0.410 e. The van der Waals surface area contributed by atoms with E-state index in [1.165, 1.54) is 0 Å². The molecule has 9 heteroatoms. The van der Waals surface area contributed by atoms with Crippen molar-refractivity contribution < 1.29 is 26.0 Å². The molecule has 0 fully saturated rings. The van der Waals surface area contributed by atoms with Crippen LogP contribution >= 0.6 is 26.6 Å². The summed E-state index contributed by atoms with van der Waals surface area (Å²) in [6.45, 7) is 0. The second kappa shape index (κ2) is 4.74. The lowest BCUT2D eigenvalue weighted by atomic mass is 10.1. The zero-order valence-electron chi connectivity index (χ0n) is 7.80. The molecule has 96 valence electrons. The molecule has 17 heavy (non-hydrogen) atoms. The third-order valence-electron chi connectivity index (χ3n) is 1.82. The van der Waals surface area contributed by atoms with Crippen molar-refractivity contribution in [1.82, 2.24) is 0 Å². The highest BCUT2D eigenvalue weighted by atomic mass is 79.9. The van der Waals surface area contributed by atoms with Gasteiger partial charge < -0.3 is 0 Å². The maximum atomic E-state index is 12.7. The van der Waals surface area contributed by atoms with Crippen LogP contribution in [-0.4, -0.2) is 14.6 Å². The van der Waals surface area contributed by atoms with E-state index in [0.29, 0.717) is 0 Å². The monoisotopic (exact) mass is 354 g/mol. The normalized spacial score (nSPS) is 14.7. The molecule has 0 aliphatic carbocycles. The van der Waals surface area contributed by atoms with E-state index in [-0.39, 0.29) is 4.47 Å². The first-order valence-electron chi connectivity index (χ1n) is 3.98. The van der Waals surface area contributed by atoms with Gasteiger partial charge >= 0.3 is 6.18 Å². The number of halogens is 6. The summed E-state index contributed by atoms with van der Waals surface area (Å²) >= 11 is 2.67. The Kier molecular flexibility index (Phi) is 4.10. The molecule has 0 aromatic heterocycles. The molecule has 0 spiro atoms. The first-order valence-corrected chi connectivity index (χ1v) is 7.15. The van der Waals surface area contributed by atoms with Crippen LogP contribution in [0.1, 0.15) is 10.8 Å². The van der Waals surface area contributed by atoms with Gasteiger partial charge in [-0.3, -0.25) is 0 Å². The Labute approximate surface area is 107 Å². The number of hydrogen-bond donors (Lipinski definition) is 0. The van der Waals surface area contributed by atoms with Gasteiger partial charge in [0.25, 0.3) is 0 Å². The summed E-state index contributed by atoms with van der Waals surface area (Å²) in [5.41, 5.74) is -0.658. The van der Waals surface area contributed by atoms with Gasteiger partial charge in [-0.05, 0) is 17.7 Å². The third-order valence-corrected chi connectivity index (χ3v) is 4.13. The van der Waals surface area contributed by atoms with Crippen LogP contribution in [0.3, 0.4) is 0 Å². The van der Waals surface area contributed by atoms with Crippen LogP contribution in [0.25, 0.3) is 0 Å². The lowest BCUT2D eigenvalue weighted by Crippen LogP contribution is -2.26. The van der Waals surface area contributed by atoms with Crippen molar-refractivity contribution >= 4 is 35.7 Å². The van der Waals surface area contributed by atoms with Crippen LogP contribution in [0.5, 0.6) is 0 Å². The van der Waals surface area contributed by atoms with Crippen molar-refractivity contribution in [1.29, 1.82) is 0 Å². The maximum absolute atomic E-state index is 12.7. The van der Waals surface area contributed by atoms with Crippen LogP contribution in [0.15, 0.2) is 22.7 Å². The van der Waals surface area contributed by atoms with Crippen LogP contribution in [-0.2, 0) is 9.05 Å². The third kappa shape index (κ3) is 3.56. The second-order valence-electron chi connectivity index (χ2n) is 3.06. The van der Waals surface area contributed by atoms with Crippen LogP contribution < -0.4 is 0 Å². The molecule has 1 aromatic carbocycles. The Morgan fingerprint density at radius 2 is 1.82 bits per heavy atom. The smallest absolute Gasteiger partial charge is 0.211 e. The average Bonchev–Trinajstić information content (AvgIpc) is 2.04. The van der Waals surface area contributed by atoms with Crippen molar-refractivity contribution in [2.75, 3.05) is 0 Å². The van der Waals surface area contributed by atoms with E-state index >= 15 is 0 Å². The Bertz CT molecular complexity index is 529. The average molecular weight is 356 g/mol. The van der Waals surface area contributed by atoms with Crippen LogP contribution in [0.4, 0.5) is 17.6 Å². The van der Waals surface area contributed by atoms with Crippen LogP contribution in [0, 0.1) is 5.82 Å². The molecule has 0 aliphatic rings. The highest BCUT2D eigenvalue weighted by molar-refractivity contribution is 9.10. The second-order valence-corrected chi connectivity index (χ2v) is 6.63. The Morgan fingerprint density at radius 1 is 1.29 bits per heavy atom. The van der Waals surface area contributed by atoms with E-state index in [1.807, 2.05) is 0 Å². The number of alkyl halides is 3. The van der Waals surface area contributed by atoms with Gasteiger partial charge in [0, 0.05) is 15.2 Å². The van der Waals surface area contributed by atoms with Crippen molar-refractivity contribution in [3.8, 4) is 0 Å². The van der Waals surface area contributed by atoms with E-state index in [4.69, 9.17) is 10.7 Å². The molecule has 1 rings (SSSR count). The fourth-order valence-electron chi connectivity index (χ4n) is 1.20. The number of hydrogen-bond acceptors (Lipinski definition) is 2. The summed E-state index contributed by atoms with van der Waals surface area (Å²) in [6.07, 6.45) is -5.08. The lowest BCUT2D eigenvalue weighted by Gasteiger charge is -2.18. The van der Waals surface area contributed by atoms with E-state index in [1.54, 1.807) is 0 Å². The minimum absolute atomic E-state index is 0.316.